The fraction of sp³-hybridized carbons (Fsp3) is 0.0952. The average Bonchev–Trinajstić information content (AvgIpc) is 3.04. The van der Waals surface area contributed by atoms with Gasteiger partial charge in [-0.15, -0.1) is 0 Å². The molecule has 5 nitrogen and oxygen atoms in total. The van der Waals surface area contributed by atoms with Crippen LogP contribution in [0.3, 0.4) is 0 Å². The van der Waals surface area contributed by atoms with Crippen LogP contribution in [0.25, 0.3) is 33.9 Å². The van der Waals surface area contributed by atoms with Gasteiger partial charge >= 0.3 is 0 Å². The lowest BCUT2D eigenvalue weighted by Crippen LogP contribution is -1.96. The maximum absolute atomic E-state index is 4.97. The maximum atomic E-state index is 4.97. The molecule has 0 saturated heterocycles. The number of rotatable bonds is 1. The molecular weight excluding hydrogens is 322 g/mol. The van der Waals surface area contributed by atoms with Gasteiger partial charge < -0.3 is 10.3 Å². The van der Waals surface area contributed by atoms with Crippen molar-refractivity contribution in [2.45, 2.75) is 13.8 Å². The summed E-state index contributed by atoms with van der Waals surface area (Å²) in [6.07, 6.45) is 5.40. The van der Waals surface area contributed by atoms with Gasteiger partial charge in [0.1, 0.15) is 17.3 Å². The molecule has 5 heteroatoms. The molecule has 2 N–H and O–H groups in total. The zero-order valence-corrected chi connectivity index (χ0v) is 14.5. The summed E-state index contributed by atoms with van der Waals surface area (Å²) in [5, 5.41) is 3.38. The van der Waals surface area contributed by atoms with Gasteiger partial charge in [0.2, 0.25) is 0 Å². The number of aryl methyl sites for hydroxylation is 2. The van der Waals surface area contributed by atoms with E-state index in [1.807, 2.05) is 24.4 Å². The SMILES string of the molecule is Cc1ccc(C)c(-c2nc3c([nH]2)-c2ccncc2Nc2ncccc2-3)c1. The summed E-state index contributed by atoms with van der Waals surface area (Å²) in [5.74, 6) is 1.66. The quantitative estimate of drug-likeness (QED) is 0.457. The minimum Gasteiger partial charge on any atom is -0.338 e. The van der Waals surface area contributed by atoms with Crippen molar-refractivity contribution in [2.75, 3.05) is 5.32 Å². The van der Waals surface area contributed by atoms with E-state index in [9.17, 15) is 0 Å². The first-order chi connectivity index (χ1) is 12.7. The van der Waals surface area contributed by atoms with Gasteiger partial charge in [0, 0.05) is 29.1 Å². The third kappa shape index (κ3) is 2.21. The van der Waals surface area contributed by atoms with Crippen molar-refractivity contribution in [3.8, 4) is 33.9 Å². The molecule has 0 aliphatic carbocycles. The van der Waals surface area contributed by atoms with Gasteiger partial charge in [0.05, 0.1) is 17.6 Å². The largest absolute Gasteiger partial charge is 0.338 e. The van der Waals surface area contributed by atoms with Crippen LogP contribution in [0.5, 0.6) is 0 Å². The number of H-pyrrole nitrogens is 1. The van der Waals surface area contributed by atoms with Crippen molar-refractivity contribution in [1.29, 1.82) is 0 Å². The second kappa shape index (κ2) is 5.52. The van der Waals surface area contributed by atoms with Gasteiger partial charge in [-0.25, -0.2) is 9.97 Å². The number of benzene rings is 1. The Morgan fingerprint density at radius 1 is 0.923 bits per heavy atom. The molecule has 1 aliphatic heterocycles. The molecule has 1 aliphatic rings. The summed E-state index contributed by atoms with van der Waals surface area (Å²) >= 11 is 0. The summed E-state index contributed by atoms with van der Waals surface area (Å²) in [5.41, 5.74) is 8.35. The van der Waals surface area contributed by atoms with Gasteiger partial charge in [-0.1, -0.05) is 17.7 Å². The molecule has 0 atom stereocenters. The molecule has 0 saturated carbocycles. The number of imidazole rings is 1. The third-order valence-corrected chi connectivity index (χ3v) is 4.76. The minimum absolute atomic E-state index is 0.791. The Hall–Kier alpha value is -3.47. The first kappa shape index (κ1) is 14.8. The number of fused-ring (bicyclic) bond motifs is 5. The molecule has 26 heavy (non-hydrogen) atoms. The van der Waals surface area contributed by atoms with E-state index in [4.69, 9.17) is 4.98 Å². The van der Waals surface area contributed by atoms with Gasteiger partial charge in [0.15, 0.2) is 0 Å². The predicted molar refractivity (Wildman–Crippen MR) is 103 cm³/mol. The second-order valence-electron chi connectivity index (χ2n) is 6.57. The van der Waals surface area contributed by atoms with Crippen LogP contribution in [0.1, 0.15) is 11.1 Å². The van der Waals surface area contributed by atoms with E-state index in [-0.39, 0.29) is 0 Å². The average molecular weight is 339 g/mol. The highest BCUT2D eigenvalue weighted by Crippen LogP contribution is 2.42. The van der Waals surface area contributed by atoms with Crippen molar-refractivity contribution >= 4 is 11.5 Å². The summed E-state index contributed by atoms with van der Waals surface area (Å²) in [4.78, 5) is 17.3. The molecule has 3 aromatic heterocycles. The molecule has 0 amide bonds. The van der Waals surface area contributed by atoms with Gasteiger partial charge in [-0.05, 0) is 43.7 Å². The number of nitrogens with one attached hydrogen (secondary N) is 2. The van der Waals surface area contributed by atoms with Crippen LogP contribution >= 0.6 is 0 Å². The lowest BCUT2D eigenvalue weighted by atomic mass is 10.1. The Labute approximate surface area is 151 Å². The summed E-state index contributed by atoms with van der Waals surface area (Å²) in [7, 11) is 0. The third-order valence-electron chi connectivity index (χ3n) is 4.76. The van der Waals surface area contributed by atoms with Crippen LogP contribution in [-0.2, 0) is 0 Å². The molecule has 0 bridgehead atoms. The number of aromatic nitrogens is 4. The number of nitrogens with zero attached hydrogens (tertiary/aromatic N) is 3. The van der Waals surface area contributed by atoms with Crippen molar-refractivity contribution in [3.05, 3.63) is 66.1 Å². The Morgan fingerprint density at radius 2 is 1.85 bits per heavy atom. The van der Waals surface area contributed by atoms with E-state index in [0.29, 0.717) is 0 Å². The second-order valence-corrected chi connectivity index (χ2v) is 6.57. The molecule has 0 unspecified atom stereocenters. The standard InChI is InChI=1S/C21H17N5/c1-12-5-6-13(2)16(10-12)21-25-18-14-7-9-22-11-17(14)24-20-15(19(18)26-21)4-3-8-23-20/h3-11H,1-2H3,(H,23,24)(H,25,26). The highest BCUT2D eigenvalue weighted by atomic mass is 15.0. The summed E-state index contributed by atoms with van der Waals surface area (Å²) < 4.78 is 0. The summed E-state index contributed by atoms with van der Waals surface area (Å²) in [6.45, 7) is 4.21. The van der Waals surface area contributed by atoms with Crippen LogP contribution < -0.4 is 5.32 Å². The van der Waals surface area contributed by atoms with Crippen LogP contribution in [0.15, 0.2) is 55.0 Å². The minimum atomic E-state index is 0.791. The molecule has 0 radical (unpaired) electrons. The topological polar surface area (TPSA) is 66.5 Å². The van der Waals surface area contributed by atoms with Crippen molar-refractivity contribution in [1.82, 2.24) is 19.9 Å². The fourth-order valence-electron chi connectivity index (χ4n) is 3.42. The maximum Gasteiger partial charge on any atom is 0.139 e. The zero-order valence-electron chi connectivity index (χ0n) is 14.5. The monoisotopic (exact) mass is 339 g/mol. The van der Waals surface area contributed by atoms with E-state index < -0.39 is 0 Å². The highest BCUT2D eigenvalue weighted by molar-refractivity contribution is 5.95. The van der Waals surface area contributed by atoms with E-state index in [2.05, 4.69) is 52.3 Å². The molecule has 126 valence electrons. The van der Waals surface area contributed by atoms with Crippen LogP contribution in [0.2, 0.25) is 0 Å². The van der Waals surface area contributed by atoms with Crippen molar-refractivity contribution in [3.63, 3.8) is 0 Å². The summed E-state index contributed by atoms with van der Waals surface area (Å²) in [6, 6.07) is 12.4. The van der Waals surface area contributed by atoms with E-state index >= 15 is 0 Å². The lowest BCUT2D eigenvalue weighted by molar-refractivity contribution is 1.25. The van der Waals surface area contributed by atoms with E-state index in [1.54, 1.807) is 12.4 Å². The van der Waals surface area contributed by atoms with E-state index in [1.165, 1.54) is 11.1 Å². The molecular formula is C21H17N5. The Kier molecular flexibility index (Phi) is 3.15. The highest BCUT2D eigenvalue weighted by Gasteiger charge is 2.24. The zero-order chi connectivity index (χ0) is 17.7. The number of hydrogen-bond donors (Lipinski definition) is 2. The fourth-order valence-corrected chi connectivity index (χ4v) is 3.42. The van der Waals surface area contributed by atoms with Crippen LogP contribution in [0.4, 0.5) is 11.5 Å². The number of anilines is 2. The molecule has 4 aromatic rings. The normalized spacial score (nSPS) is 11.8. The number of pyridine rings is 2. The molecule has 5 rings (SSSR count). The van der Waals surface area contributed by atoms with Crippen LogP contribution in [0, 0.1) is 13.8 Å². The molecule has 0 spiro atoms. The Bertz CT molecular complexity index is 1080. The van der Waals surface area contributed by atoms with Crippen molar-refractivity contribution in [2.24, 2.45) is 0 Å². The van der Waals surface area contributed by atoms with Gasteiger partial charge in [0.25, 0.3) is 0 Å². The van der Waals surface area contributed by atoms with Gasteiger partial charge in [-0.2, -0.15) is 0 Å². The number of hydrogen-bond acceptors (Lipinski definition) is 4. The Morgan fingerprint density at radius 3 is 2.77 bits per heavy atom. The first-order valence-electron chi connectivity index (χ1n) is 8.55. The molecule has 0 fully saturated rings. The molecule has 1 aromatic carbocycles. The van der Waals surface area contributed by atoms with Crippen molar-refractivity contribution < 1.29 is 0 Å². The van der Waals surface area contributed by atoms with Gasteiger partial charge in [-0.3, -0.25) is 4.98 Å². The lowest BCUT2D eigenvalue weighted by Gasteiger charge is -2.08. The van der Waals surface area contributed by atoms with E-state index in [0.717, 1.165) is 45.4 Å². The predicted octanol–water partition coefficient (Wildman–Crippen LogP) is 4.87. The first-order valence-corrected chi connectivity index (χ1v) is 8.55. The van der Waals surface area contributed by atoms with Crippen LogP contribution in [-0.4, -0.2) is 19.9 Å². The Balaban J connectivity index is 1.82. The smallest absolute Gasteiger partial charge is 0.139 e. The molecule has 4 heterocycles. The number of aromatic amines is 1.